The summed E-state index contributed by atoms with van der Waals surface area (Å²) >= 11 is 4.56. The molecular weight excluding hydrogens is 234 g/mol. The summed E-state index contributed by atoms with van der Waals surface area (Å²) in [5.74, 6) is 2.79. The van der Waals surface area contributed by atoms with Crippen molar-refractivity contribution in [2.75, 3.05) is 18.1 Å². The zero-order valence-electron chi connectivity index (χ0n) is 10.5. The standard InChI is InChI=1S/C13H23NS2/c1-3-11-13(15-8-5-9-16-13)10-12(2)6-4-7-14(11)12/h11H,3-10H2,1-2H3/t11-,12+/m1/s1. The molecule has 1 nitrogen and oxygen atoms in total. The van der Waals surface area contributed by atoms with Crippen molar-refractivity contribution in [3.63, 3.8) is 0 Å². The van der Waals surface area contributed by atoms with Gasteiger partial charge in [0.2, 0.25) is 0 Å². The Hall–Kier alpha value is 0.660. The van der Waals surface area contributed by atoms with Crippen LogP contribution in [0.15, 0.2) is 0 Å². The van der Waals surface area contributed by atoms with Crippen LogP contribution in [0.1, 0.15) is 46.0 Å². The van der Waals surface area contributed by atoms with Crippen molar-refractivity contribution in [3.8, 4) is 0 Å². The summed E-state index contributed by atoms with van der Waals surface area (Å²) in [4.78, 5) is 2.86. The van der Waals surface area contributed by atoms with Crippen molar-refractivity contribution in [2.24, 2.45) is 0 Å². The number of hydrogen-bond acceptors (Lipinski definition) is 3. The lowest BCUT2D eigenvalue weighted by Crippen LogP contribution is -2.43. The van der Waals surface area contributed by atoms with E-state index < -0.39 is 0 Å². The van der Waals surface area contributed by atoms with Crippen LogP contribution in [0, 0.1) is 0 Å². The highest BCUT2D eigenvalue weighted by atomic mass is 32.2. The molecule has 3 heteroatoms. The van der Waals surface area contributed by atoms with Crippen molar-refractivity contribution < 1.29 is 0 Å². The van der Waals surface area contributed by atoms with Gasteiger partial charge in [-0.1, -0.05) is 6.92 Å². The van der Waals surface area contributed by atoms with Gasteiger partial charge in [-0.2, -0.15) is 0 Å². The molecule has 0 saturated carbocycles. The molecule has 3 aliphatic heterocycles. The normalized spacial score (nSPS) is 42.8. The minimum Gasteiger partial charge on any atom is -0.293 e. The van der Waals surface area contributed by atoms with Gasteiger partial charge in [0.05, 0.1) is 4.08 Å². The summed E-state index contributed by atoms with van der Waals surface area (Å²) in [5.41, 5.74) is 0.540. The van der Waals surface area contributed by atoms with Crippen LogP contribution in [0.5, 0.6) is 0 Å². The minimum atomic E-state index is 0.540. The van der Waals surface area contributed by atoms with Gasteiger partial charge >= 0.3 is 0 Å². The highest BCUT2D eigenvalue weighted by molar-refractivity contribution is 8.18. The molecule has 3 fully saturated rings. The SMILES string of the molecule is CC[C@H]1N2CCC[C@@]2(C)CC12SCCCS2. The predicted molar refractivity (Wildman–Crippen MR) is 75.3 cm³/mol. The van der Waals surface area contributed by atoms with Crippen molar-refractivity contribution in [3.05, 3.63) is 0 Å². The van der Waals surface area contributed by atoms with E-state index in [-0.39, 0.29) is 0 Å². The number of thioether (sulfide) groups is 2. The van der Waals surface area contributed by atoms with E-state index in [1.807, 2.05) is 0 Å². The van der Waals surface area contributed by atoms with Crippen LogP contribution >= 0.6 is 23.5 Å². The van der Waals surface area contributed by atoms with E-state index in [0.29, 0.717) is 9.62 Å². The van der Waals surface area contributed by atoms with E-state index in [0.717, 1.165) is 6.04 Å². The highest BCUT2D eigenvalue weighted by Crippen LogP contribution is 2.60. The molecule has 0 aromatic rings. The van der Waals surface area contributed by atoms with E-state index in [4.69, 9.17) is 0 Å². The quantitative estimate of drug-likeness (QED) is 0.707. The molecule has 92 valence electrons. The number of nitrogens with zero attached hydrogens (tertiary/aromatic N) is 1. The largest absolute Gasteiger partial charge is 0.293 e. The molecule has 3 aliphatic rings. The molecule has 1 spiro atoms. The number of fused-ring (bicyclic) bond motifs is 1. The van der Waals surface area contributed by atoms with Crippen LogP contribution in [0.2, 0.25) is 0 Å². The molecule has 0 N–H and O–H groups in total. The minimum absolute atomic E-state index is 0.540. The fraction of sp³-hybridized carbons (Fsp3) is 1.00. The van der Waals surface area contributed by atoms with E-state index in [1.165, 1.54) is 50.2 Å². The third-order valence-electron chi connectivity index (χ3n) is 4.69. The average molecular weight is 257 g/mol. The summed E-state index contributed by atoms with van der Waals surface area (Å²) < 4.78 is 0.558. The monoisotopic (exact) mass is 257 g/mol. The van der Waals surface area contributed by atoms with Crippen molar-refractivity contribution in [2.45, 2.75) is 61.6 Å². The second-order valence-corrected chi connectivity index (χ2v) is 8.87. The molecule has 0 bridgehead atoms. The number of hydrogen-bond donors (Lipinski definition) is 0. The lowest BCUT2D eigenvalue weighted by molar-refractivity contribution is 0.164. The fourth-order valence-corrected chi connectivity index (χ4v) is 8.15. The maximum atomic E-state index is 2.86. The first-order chi connectivity index (χ1) is 7.70. The molecule has 0 aromatic heterocycles. The van der Waals surface area contributed by atoms with Gasteiger partial charge < -0.3 is 0 Å². The van der Waals surface area contributed by atoms with Crippen LogP contribution in [0.4, 0.5) is 0 Å². The third kappa shape index (κ3) is 1.58. The zero-order chi connectivity index (χ0) is 11.2. The first kappa shape index (κ1) is 11.7. The Morgan fingerprint density at radius 3 is 2.69 bits per heavy atom. The second kappa shape index (κ2) is 4.10. The summed E-state index contributed by atoms with van der Waals surface area (Å²) in [6.07, 6.45) is 7.07. The maximum Gasteiger partial charge on any atom is 0.0782 e. The summed E-state index contributed by atoms with van der Waals surface area (Å²) in [5, 5.41) is 0. The molecule has 3 rings (SSSR count). The van der Waals surface area contributed by atoms with Crippen LogP contribution < -0.4 is 0 Å². The molecule has 2 atom stereocenters. The van der Waals surface area contributed by atoms with Crippen LogP contribution in [-0.2, 0) is 0 Å². The Balaban J connectivity index is 1.90. The van der Waals surface area contributed by atoms with Gasteiger partial charge in [0.25, 0.3) is 0 Å². The third-order valence-corrected chi connectivity index (χ3v) is 8.19. The Kier molecular flexibility index (Phi) is 3.00. The van der Waals surface area contributed by atoms with Crippen LogP contribution in [0.3, 0.4) is 0 Å². The molecule has 3 heterocycles. The van der Waals surface area contributed by atoms with Gasteiger partial charge in [-0.3, -0.25) is 4.90 Å². The first-order valence-electron chi connectivity index (χ1n) is 6.75. The first-order valence-corrected chi connectivity index (χ1v) is 8.72. The molecule has 0 aromatic carbocycles. The Morgan fingerprint density at radius 2 is 2.00 bits per heavy atom. The average Bonchev–Trinajstić information content (AvgIpc) is 2.71. The summed E-state index contributed by atoms with van der Waals surface area (Å²) in [6.45, 7) is 6.28. The van der Waals surface area contributed by atoms with Crippen molar-refractivity contribution in [1.82, 2.24) is 4.90 Å². The van der Waals surface area contributed by atoms with Gasteiger partial charge in [-0.25, -0.2) is 0 Å². The van der Waals surface area contributed by atoms with Crippen molar-refractivity contribution in [1.29, 1.82) is 0 Å². The van der Waals surface area contributed by atoms with E-state index in [9.17, 15) is 0 Å². The van der Waals surface area contributed by atoms with Crippen molar-refractivity contribution >= 4 is 23.5 Å². The summed E-state index contributed by atoms with van der Waals surface area (Å²) in [7, 11) is 0. The van der Waals surface area contributed by atoms with Crippen LogP contribution in [0.25, 0.3) is 0 Å². The molecule has 0 aliphatic carbocycles. The molecule has 3 saturated heterocycles. The predicted octanol–water partition coefficient (Wildman–Crippen LogP) is 3.59. The smallest absolute Gasteiger partial charge is 0.0782 e. The Labute approximate surface area is 108 Å². The van der Waals surface area contributed by atoms with Crippen LogP contribution in [-0.4, -0.2) is 38.6 Å². The maximum absolute atomic E-state index is 2.86. The van der Waals surface area contributed by atoms with E-state index >= 15 is 0 Å². The summed E-state index contributed by atoms with van der Waals surface area (Å²) in [6, 6.07) is 0.843. The van der Waals surface area contributed by atoms with E-state index in [1.54, 1.807) is 0 Å². The zero-order valence-corrected chi connectivity index (χ0v) is 12.1. The molecule has 0 unspecified atom stereocenters. The fourth-order valence-electron chi connectivity index (χ4n) is 4.07. The lowest BCUT2D eigenvalue weighted by Gasteiger charge is -2.39. The lowest BCUT2D eigenvalue weighted by atomic mass is 9.96. The molecule has 16 heavy (non-hydrogen) atoms. The van der Waals surface area contributed by atoms with Gasteiger partial charge in [0.1, 0.15) is 0 Å². The highest BCUT2D eigenvalue weighted by Gasteiger charge is 2.59. The number of rotatable bonds is 1. The second-order valence-electron chi connectivity index (χ2n) is 5.76. The Bertz CT molecular complexity index is 275. The molecule has 0 amide bonds. The van der Waals surface area contributed by atoms with Gasteiger partial charge in [-0.15, -0.1) is 23.5 Å². The van der Waals surface area contributed by atoms with E-state index in [2.05, 4.69) is 42.3 Å². The van der Waals surface area contributed by atoms with Gasteiger partial charge in [0, 0.05) is 11.6 Å². The van der Waals surface area contributed by atoms with Gasteiger partial charge in [-0.05, 0) is 57.1 Å². The molecule has 0 radical (unpaired) electrons. The topological polar surface area (TPSA) is 3.24 Å². The molecular formula is C13H23NS2. The van der Waals surface area contributed by atoms with Gasteiger partial charge in [0.15, 0.2) is 0 Å². The Morgan fingerprint density at radius 1 is 1.25 bits per heavy atom.